The lowest BCUT2D eigenvalue weighted by Gasteiger charge is -2.33. The Kier molecular flexibility index (Phi) is 12.3. The average molecular weight is 941 g/mol. The largest absolute Gasteiger partial charge is 0.469 e. The molecule has 7 atom stereocenters. The zero-order valence-electron chi connectivity index (χ0n) is 40.1. The molecule has 1 saturated carbocycles. The van der Waals surface area contributed by atoms with Crippen molar-refractivity contribution in [3.8, 4) is 17.0 Å². The lowest BCUT2D eigenvalue weighted by Crippen LogP contribution is -2.44. The van der Waals surface area contributed by atoms with Crippen LogP contribution in [-0.4, -0.2) is 82.0 Å². The van der Waals surface area contributed by atoms with E-state index in [-0.39, 0.29) is 72.4 Å². The first-order valence-electron chi connectivity index (χ1n) is 24.4. The van der Waals surface area contributed by atoms with Crippen LogP contribution in [0.5, 0.6) is 5.75 Å². The Morgan fingerprint density at radius 2 is 1.51 bits per heavy atom. The van der Waals surface area contributed by atoms with Crippen molar-refractivity contribution in [1.82, 2.24) is 19.4 Å². The number of hydrogen-bond acceptors (Lipinski definition) is 9. The highest BCUT2D eigenvalue weighted by atomic mass is 32.1. The fraction of sp³-hybridized carbons (Fsp3) is 0.473. The number of allylic oxidation sites excluding steroid dienone is 6. The number of rotatable bonds is 14. The topological polar surface area (TPSA) is 120 Å². The van der Waals surface area contributed by atoms with Crippen molar-refractivity contribution in [2.45, 2.75) is 117 Å². The summed E-state index contributed by atoms with van der Waals surface area (Å²) < 4.78 is 35.9. The Hall–Kier alpha value is -5.82. The molecule has 0 radical (unpaired) electrons. The summed E-state index contributed by atoms with van der Waals surface area (Å²) in [6.45, 7) is 10.7. The molecule has 356 valence electrons. The van der Waals surface area contributed by atoms with Crippen LogP contribution in [0.2, 0.25) is 0 Å². The zero-order valence-corrected chi connectivity index (χ0v) is 40.9. The third-order valence-electron chi connectivity index (χ3n) is 15.5. The Morgan fingerprint density at radius 1 is 0.838 bits per heavy atom. The molecule has 0 bridgehead atoms. The van der Waals surface area contributed by atoms with Crippen molar-refractivity contribution >= 4 is 57.1 Å². The van der Waals surface area contributed by atoms with Gasteiger partial charge in [0.15, 0.2) is 0 Å². The summed E-state index contributed by atoms with van der Waals surface area (Å²) in [6, 6.07) is 12.2. The van der Waals surface area contributed by atoms with Crippen LogP contribution in [0.1, 0.15) is 113 Å². The molecule has 5 heterocycles. The lowest BCUT2D eigenvalue weighted by atomic mass is 9.89. The zero-order chi connectivity index (χ0) is 47.7. The number of ether oxygens (including phenoxy) is 3. The highest BCUT2D eigenvalue weighted by molar-refractivity contribution is 7.11. The molecule has 3 fully saturated rings. The van der Waals surface area contributed by atoms with Gasteiger partial charge in [-0.25, -0.2) is 9.37 Å². The third kappa shape index (κ3) is 8.21. The number of carbonyl (C=O) groups excluding carboxylic acids is 4. The maximum Gasteiger partial charge on any atom is 0.306 e. The van der Waals surface area contributed by atoms with Gasteiger partial charge in [0.05, 0.1) is 77.6 Å². The van der Waals surface area contributed by atoms with Gasteiger partial charge in [-0.3, -0.25) is 23.7 Å². The highest BCUT2D eigenvalue weighted by Crippen LogP contribution is 2.53. The predicted octanol–water partition coefficient (Wildman–Crippen LogP) is 10.5. The summed E-state index contributed by atoms with van der Waals surface area (Å²) in [5.41, 5.74) is 8.32. The summed E-state index contributed by atoms with van der Waals surface area (Å²) in [5.74, 6) is -1.00. The number of piperidine rings is 1. The molecule has 2 aromatic heterocycles. The molecule has 6 aliphatic rings. The van der Waals surface area contributed by atoms with Crippen molar-refractivity contribution in [3.63, 3.8) is 0 Å². The molecule has 3 aliphatic heterocycles. The minimum Gasteiger partial charge on any atom is -0.469 e. The molecule has 13 heteroatoms. The molecule has 1 unspecified atom stereocenters. The molecule has 10 rings (SSSR count). The summed E-state index contributed by atoms with van der Waals surface area (Å²) in [5, 5.41) is 1.96. The number of benzene rings is 2. The quantitative estimate of drug-likeness (QED) is 0.115. The molecule has 2 saturated heterocycles. The number of amides is 2. The molecule has 11 nitrogen and oxygen atoms in total. The fourth-order valence-electron chi connectivity index (χ4n) is 11.6. The smallest absolute Gasteiger partial charge is 0.306 e. The van der Waals surface area contributed by atoms with Gasteiger partial charge in [0, 0.05) is 24.2 Å². The van der Waals surface area contributed by atoms with E-state index in [0.717, 1.165) is 92.9 Å². The maximum atomic E-state index is 16.9. The van der Waals surface area contributed by atoms with E-state index in [0.29, 0.717) is 30.2 Å². The number of methoxy groups -OCH3 is 2. The monoisotopic (exact) mass is 940 g/mol. The average Bonchev–Trinajstić information content (AvgIpc) is 4.09. The number of fused-ring (bicyclic) bond motifs is 6. The highest BCUT2D eigenvalue weighted by Gasteiger charge is 2.56. The first-order valence-corrected chi connectivity index (χ1v) is 25.2. The van der Waals surface area contributed by atoms with Crippen molar-refractivity contribution in [2.75, 3.05) is 20.8 Å². The number of thiazole rings is 1. The fourth-order valence-corrected chi connectivity index (χ4v) is 12.4. The van der Waals surface area contributed by atoms with Gasteiger partial charge in [-0.05, 0) is 126 Å². The third-order valence-corrected chi connectivity index (χ3v) is 16.7. The maximum absolute atomic E-state index is 16.9. The van der Waals surface area contributed by atoms with Crippen LogP contribution in [0, 0.1) is 35.4 Å². The van der Waals surface area contributed by atoms with Crippen molar-refractivity contribution < 1.29 is 37.8 Å². The standard InChI is InChI=1S/C55H61FN4O7S/c1-8-49-57-28-48(68-49)55-60-43-16-15-32(31-11-14-35(18-31)44-22-38-23-45(38)59(44)54(64)40(30(4)5)27-51(62)66-7)20-37(43)24-46(60)52-41(56)21-36(25-47(52)67-55)33-12-13-34(19-33)42-10-9-17-58(42)53(63)39(29(2)3)26-50(61)65-6/h11-16,20-21,24-25,28-30,38-40,42,44-45,55H,8-10,17-19,22-23,26-27H2,1-7H3/t38-,39-,40-,42-,44-,45+,55?/m0/s1. The summed E-state index contributed by atoms with van der Waals surface area (Å²) >= 11 is 1.60. The number of hydrogen-bond donors (Lipinski definition) is 0. The molecule has 0 spiro atoms. The van der Waals surface area contributed by atoms with E-state index in [9.17, 15) is 19.2 Å². The molecular formula is C55H61FN4O7S. The SMILES string of the molecule is CCc1ncc(C2Oc3cc(C4=CC=C([C@@H]5CCCN5C(=O)[C@@H](CC(=O)OC)C(C)C)C4)cc(F)c3-c3cc4cc(C5=CC=C([C@@H]6C[C@H]7C[C@H]7N6C(=O)[C@@H](CC(=O)OC)C(C)C)C5)ccc4n32)s1. The van der Waals surface area contributed by atoms with Crippen LogP contribution >= 0.6 is 11.3 Å². The van der Waals surface area contributed by atoms with Gasteiger partial charge in [0.25, 0.3) is 0 Å². The number of aromatic nitrogens is 2. The predicted molar refractivity (Wildman–Crippen MR) is 261 cm³/mol. The first kappa shape index (κ1) is 45.9. The molecule has 4 aromatic rings. The second kappa shape index (κ2) is 18.3. The second-order valence-corrected chi connectivity index (χ2v) is 21.4. The minimum atomic E-state index is -0.568. The van der Waals surface area contributed by atoms with Gasteiger partial charge in [-0.1, -0.05) is 65.0 Å². The Labute approximate surface area is 401 Å². The van der Waals surface area contributed by atoms with Gasteiger partial charge in [0.2, 0.25) is 18.0 Å². The Morgan fingerprint density at radius 3 is 2.18 bits per heavy atom. The second-order valence-electron chi connectivity index (χ2n) is 20.2. The van der Waals surface area contributed by atoms with Gasteiger partial charge < -0.3 is 24.0 Å². The molecule has 3 aliphatic carbocycles. The molecular weight excluding hydrogens is 880 g/mol. The number of esters is 2. The van der Waals surface area contributed by atoms with Crippen LogP contribution in [0.15, 0.2) is 78.0 Å². The van der Waals surface area contributed by atoms with Crippen LogP contribution in [0.3, 0.4) is 0 Å². The Bertz CT molecular complexity index is 2850. The van der Waals surface area contributed by atoms with E-state index in [1.165, 1.54) is 19.8 Å². The lowest BCUT2D eigenvalue weighted by molar-refractivity contribution is -0.148. The van der Waals surface area contributed by atoms with Crippen molar-refractivity contribution in [1.29, 1.82) is 0 Å². The van der Waals surface area contributed by atoms with Crippen LogP contribution in [0.25, 0.3) is 33.3 Å². The number of carbonyl (C=O) groups is 4. The van der Waals surface area contributed by atoms with Gasteiger partial charge in [-0.15, -0.1) is 11.3 Å². The van der Waals surface area contributed by atoms with Crippen molar-refractivity contribution in [3.05, 3.63) is 105 Å². The number of likely N-dealkylation sites (tertiary alicyclic amines) is 2. The minimum absolute atomic E-state index is 0.00450. The van der Waals surface area contributed by atoms with E-state index in [4.69, 9.17) is 19.2 Å². The summed E-state index contributed by atoms with van der Waals surface area (Å²) in [6.07, 6.45) is 15.7. The molecule has 2 amide bonds. The van der Waals surface area contributed by atoms with E-state index >= 15 is 4.39 Å². The number of aryl methyl sites for hydroxylation is 1. The molecule has 0 N–H and O–H groups in total. The van der Waals surface area contributed by atoms with Crippen molar-refractivity contribution in [2.24, 2.45) is 29.6 Å². The van der Waals surface area contributed by atoms with E-state index in [2.05, 4.69) is 58.9 Å². The van der Waals surface area contributed by atoms with E-state index in [1.54, 1.807) is 17.4 Å². The van der Waals surface area contributed by atoms with Gasteiger partial charge in [0.1, 0.15) is 11.6 Å². The van der Waals surface area contributed by atoms with Crippen LogP contribution < -0.4 is 4.74 Å². The first-order chi connectivity index (χ1) is 32.8. The van der Waals surface area contributed by atoms with E-state index in [1.807, 2.05) is 50.9 Å². The van der Waals surface area contributed by atoms with Crippen LogP contribution in [0.4, 0.5) is 4.39 Å². The summed E-state index contributed by atoms with van der Waals surface area (Å²) in [7, 11) is 2.73. The van der Waals surface area contributed by atoms with Gasteiger partial charge in [-0.2, -0.15) is 0 Å². The number of halogens is 1. The van der Waals surface area contributed by atoms with Gasteiger partial charge >= 0.3 is 11.9 Å². The Balaban J connectivity index is 0.910. The normalized spacial score (nSPS) is 23.4. The van der Waals surface area contributed by atoms with Crippen LogP contribution in [-0.2, 0) is 35.1 Å². The molecule has 68 heavy (non-hydrogen) atoms. The molecule has 2 aromatic carbocycles. The number of nitrogens with zero attached hydrogens (tertiary/aromatic N) is 4. The summed E-state index contributed by atoms with van der Waals surface area (Å²) in [4.78, 5) is 62.3. The van der Waals surface area contributed by atoms with E-state index < -0.39 is 18.1 Å².